The molecule has 7 nitrogen and oxygen atoms in total. The first-order chi connectivity index (χ1) is 9.10. The number of nitrogens with zero attached hydrogens (tertiary/aromatic N) is 1. The van der Waals surface area contributed by atoms with Crippen molar-refractivity contribution in [3.63, 3.8) is 0 Å². The molecule has 19 heavy (non-hydrogen) atoms. The molecule has 2 aromatic rings. The van der Waals surface area contributed by atoms with Gasteiger partial charge in [0, 0.05) is 6.54 Å². The quantitative estimate of drug-likeness (QED) is 0.745. The number of likely N-dealkylation sites (N-methyl/N-ethyl adjacent to an activating group) is 1. The molecule has 1 amide bonds. The monoisotopic (exact) mass is 263 g/mol. The fourth-order valence-electron chi connectivity index (χ4n) is 1.55. The third kappa shape index (κ3) is 3.01. The van der Waals surface area contributed by atoms with Crippen molar-refractivity contribution in [3.05, 3.63) is 23.8 Å². The molecule has 0 saturated heterocycles. The van der Waals surface area contributed by atoms with E-state index in [0.717, 1.165) is 0 Å². The van der Waals surface area contributed by atoms with E-state index < -0.39 is 5.97 Å². The molecule has 0 aliphatic carbocycles. The van der Waals surface area contributed by atoms with Crippen LogP contribution in [-0.4, -0.2) is 35.1 Å². The van der Waals surface area contributed by atoms with Crippen molar-refractivity contribution in [2.45, 2.75) is 6.92 Å². The minimum atomic E-state index is -1.03. The number of nitrogens with one attached hydrogen (secondary N) is 2. The number of carbonyl (C=O) groups excluding carboxylic acids is 1. The summed E-state index contributed by atoms with van der Waals surface area (Å²) in [6.45, 7) is 2.42. The molecule has 3 N–H and O–H groups in total. The Morgan fingerprint density at radius 3 is 2.89 bits per heavy atom. The number of fused-ring (bicyclic) bond motifs is 1. The van der Waals surface area contributed by atoms with Crippen LogP contribution in [0.4, 0.5) is 6.01 Å². The zero-order valence-electron chi connectivity index (χ0n) is 10.3. The summed E-state index contributed by atoms with van der Waals surface area (Å²) in [6.07, 6.45) is 0. The highest BCUT2D eigenvalue weighted by Gasteiger charge is 2.10. The second-order valence-corrected chi connectivity index (χ2v) is 3.81. The fourth-order valence-corrected chi connectivity index (χ4v) is 1.55. The number of carboxylic acids is 1. The lowest BCUT2D eigenvalue weighted by molar-refractivity contribution is -0.119. The van der Waals surface area contributed by atoms with Gasteiger partial charge in [-0.1, -0.05) is 0 Å². The van der Waals surface area contributed by atoms with Crippen LogP contribution < -0.4 is 10.6 Å². The van der Waals surface area contributed by atoms with Gasteiger partial charge in [-0.2, -0.15) is 4.98 Å². The zero-order valence-corrected chi connectivity index (χ0v) is 10.3. The molecule has 0 bridgehead atoms. The average molecular weight is 263 g/mol. The van der Waals surface area contributed by atoms with E-state index in [1.54, 1.807) is 6.07 Å². The minimum Gasteiger partial charge on any atom is -0.478 e. The molecular weight excluding hydrogens is 250 g/mol. The summed E-state index contributed by atoms with van der Waals surface area (Å²) in [5, 5.41) is 14.2. The number of benzene rings is 1. The topological polar surface area (TPSA) is 104 Å². The Bertz CT molecular complexity index is 620. The van der Waals surface area contributed by atoms with Gasteiger partial charge in [-0.15, -0.1) is 0 Å². The van der Waals surface area contributed by atoms with Crippen LogP contribution in [0.2, 0.25) is 0 Å². The summed E-state index contributed by atoms with van der Waals surface area (Å²) in [4.78, 5) is 26.2. The summed E-state index contributed by atoms with van der Waals surface area (Å²) in [5.74, 6) is -1.20. The summed E-state index contributed by atoms with van der Waals surface area (Å²) in [6, 6.07) is 4.58. The van der Waals surface area contributed by atoms with Crippen LogP contribution in [0.15, 0.2) is 22.6 Å². The summed E-state index contributed by atoms with van der Waals surface area (Å²) in [7, 11) is 0. The van der Waals surface area contributed by atoms with Gasteiger partial charge in [0.25, 0.3) is 6.01 Å². The first-order valence-corrected chi connectivity index (χ1v) is 5.74. The summed E-state index contributed by atoms with van der Waals surface area (Å²) >= 11 is 0. The molecule has 100 valence electrons. The van der Waals surface area contributed by atoms with E-state index in [4.69, 9.17) is 9.52 Å². The Hall–Kier alpha value is -2.57. The lowest BCUT2D eigenvalue weighted by Crippen LogP contribution is -2.29. The number of carboxylic acid groups (broad SMARTS) is 1. The maximum atomic E-state index is 11.3. The maximum absolute atomic E-state index is 11.3. The number of amides is 1. The summed E-state index contributed by atoms with van der Waals surface area (Å²) < 4.78 is 5.32. The van der Waals surface area contributed by atoms with Gasteiger partial charge in [-0.05, 0) is 25.1 Å². The Kier molecular flexibility index (Phi) is 3.65. The SMILES string of the molecule is CCNC(=O)CNc1nc2ccc(C(=O)O)cc2o1. The molecule has 0 radical (unpaired) electrons. The van der Waals surface area contributed by atoms with Crippen molar-refractivity contribution in [2.24, 2.45) is 0 Å². The van der Waals surface area contributed by atoms with E-state index in [2.05, 4.69) is 15.6 Å². The van der Waals surface area contributed by atoms with Crippen molar-refractivity contribution >= 4 is 29.0 Å². The number of carbonyl (C=O) groups is 2. The lowest BCUT2D eigenvalue weighted by Gasteiger charge is -2.01. The van der Waals surface area contributed by atoms with Gasteiger partial charge in [-0.3, -0.25) is 4.79 Å². The molecule has 1 aromatic heterocycles. The average Bonchev–Trinajstić information content (AvgIpc) is 2.78. The summed E-state index contributed by atoms with van der Waals surface area (Å²) in [5.41, 5.74) is 1.01. The highest BCUT2D eigenvalue weighted by atomic mass is 16.4. The van der Waals surface area contributed by atoms with Crippen LogP contribution in [0, 0.1) is 0 Å². The predicted molar refractivity (Wildman–Crippen MR) is 68.1 cm³/mol. The number of hydrogen-bond donors (Lipinski definition) is 3. The third-order valence-corrected chi connectivity index (χ3v) is 2.41. The molecule has 2 rings (SSSR count). The molecule has 0 saturated carbocycles. The maximum Gasteiger partial charge on any atom is 0.335 e. The Morgan fingerprint density at radius 2 is 2.21 bits per heavy atom. The van der Waals surface area contributed by atoms with E-state index >= 15 is 0 Å². The predicted octanol–water partition coefficient (Wildman–Crippen LogP) is 1.07. The number of aromatic carboxylic acids is 1. The molecule has 0 aliphatic heterocycles. The fraction of sp³-hybridized carbons (Fsp3) is 0.250. The third-order valence-electron chi connectivity index (χ3n) is 2.41. The number of rotatable bonds is 5. The Balaban J connectivity index is 2.13. The molecule has 0 aliphatic rings. The van der Waals surface area contributed by atoms with Crippen LogP contribution in [0.3, 0.4) is 0 Å². The van der Waals surface area contributed by atoms with E-state index in [-0.39, 0.29) is 24.0 Å². The standard InChI is InChI=1S/C12H13N3O4/c1-2-13-10(16)6-14-12-15-8-4-3-7(11(17)18)5-9(8)19-12/h3-5H,2,6H2,1H3,(H,13,16)(H,14,15)(H,17,18). The van der Waals surface area contributed by atoms with Crippen LogP contribution >= 0.6 is 0 Å². The van der Waals surface area contributed by atoms with Crippen LogP contribution in [0.5, 0.6) is 0 Å². The van der Waals surface area contributed by atoms with Gasteiger partial charge in [0.1, 0.15) is 5.52 Å². The number of aromatic nitrogens is 1. The second-order valence-electron chi connectivity index (χ2n) is 3.81. The smallest absolute Gasteiger partial charge is 0.335 e. The molecule has 1 aromatic carbocycles. The highest BCUT2D eigenvalue weighted by Crippen LogP contribution is 2.20. The van der Waals surface area contributed by atoms with Crippen molar-refractivity contribution in [1.82, 2.24) is 10.3 Å². The van der Waals surface area contributed by atoms with E-state index in [1.165, 1.54) is 12.1 Å². The Morgan fingerprint density at radius 1 is 1.42 bits per heavy atom. The first-order valence-electron chi connectivity index (χ1n) is 5.74. The number of anilines is 1. The molecule has 0 fully saturated rings. The van der Waals surface area contributed by atoms with Crippen molar-refractivity contribution < 1.29 is 19.1 Å². The first kappa shape index (κ1) is 12.9. The van der Waals surface area contributed by atoms with Gasteiger partial charge in [0.05, 0.1) is 12.1 Å². The zero-order chi connectivity index (χ0) is 13.8. The molecular formula is C12H13N3O4. The van der Waals surface area contributed by atoms with Gasteiger partial charge >= 0.3 is 5.97 Å². The van der Waals surface area contributed by atoms with Crippen LogP contribution in [-0.2, 0) is 4.79 Å². The van der Waals surface area contributed by atoms with Gasteiger partial charge in [0.15, 0.2) is 5.58 Å². The van der Waals surface area contributed by atoms with E-state index in [0.29, 0.717) is 17.6 Å². The second kappa shape index (κ2) is 5.38. The molecule has 0 spiro atoms. The van der Waals surface area contributed by atoms with Gasteiger partial charge < -0.3 is 20.2 Å². The number of hydrogen-bond acceptors (Lipinski definition) is 5. The molecule has 7 heteroatoms. The molecule has 0 atom stereocenters. The highest BCUT2D eigenvalue weighted by molar-refractivity contribution is 5.92. The van der Waals surface area contributed by atoms with E-state index in [9.17, 15) is 9.59 Å². The lowest BCUT2D eigenvalue weighted by atomic mass is 10.2. The van der Waals surface area contributed by atoms with Gasteiger partial charge in [-0.25, -0.2) is 4.79 Å². The molecule has 1 heterocycles. The normalized spacial score (nSPS) is 10.4. The minimum absolute atomic E-state index is 0.0481. The number of oxazole rings is 1. The van der Waals surface area contributed by atoms with Crippen LogP contribution in [0.25, 0.3) is 11.1 Å². The Labute approximate surface area is 108 Å². The molecule has 0 unspecified atom stereocenters. The van der Waals surface area contributed by atoms with Gasteiger partial charge in [0.2, 0.25) is 5.91 Å². The van der Waals surface area contributed by atoms with Crippen molar-refractivity contribution in [3.8, 4) is 0 Å². The van der Waals surface area contributed by atoms with Crippen molar-refractivity contribution in [1.29, 1.82) is 0 Å². The largest absolute Gasteiger partial charge is 0.478 e. The van der Waals surface area contributed by atoms with Crippen LogP contribution in [0.1, 0.15) is 17.3 Å². The van der Waals surface area contributed by atoms with E-state index in [1.807, 2.05) is 6.92 Å². The van der Waals surface area contributed by atoms with Crippen molar-refractivity contribution in [2.75, 3.05) is 18.4 Å².